The first-order valence-electron chi connectivity index (χ1n) is 8.30. The highest BCUT2D eigenvalue weighted by molar-refractivity contribution is 7.17. The van der Waals surface area contributed by atoms with Gasteiger partial charge < -0.3 is 0 Å². The number of ketones is 1. The van der Waals surface area contributed by atoms with Crippen molar-refractivity contribution in [3.05, 3.63) is 95.1 Å². The maximum Gasteiger partial charge on any atom is 0.206 e. The summed E-state index contributed by atoms with van der Waals surface area (Å²) in [6, 6.07) is 21.6. The van der Waals surface area contributed by atoms with Crippen LogP contribution in [0.1, 0.15) is 20.8 Å². The summed E-state index contributed by atoms with van der Waals surface area (Å²) in [6.45, 7) is 2.04. The molecule has 0 amide bonds. The van der Waals surface area contributed by atoms with Crippen LogP contribution in [0.2, 0.25) is 0 Å². The lowest BCUT2D eigenvalue weighted by atomic mass is 10.1. The molecule has 2 heterocycles. The molecule has 0 spiro atoms. The van der Waals surface area contributed by atoms with Gasteiger partial charge in [0.25, 0.3) is 0 Å². The highest BCUT2D eigenvalue weighted by Gasteiger charge is 2.21. The lowest BCUT2D eigenvalue weighted by Crippen LogP contribution is -2.01. The summed E-state index contributed by atoms with van der Waals surface area (Å²) in [5, 5.41) is 0.841. The van der Waals surface area contributed by atoms with Gasteiger partial charge in [-0.2, -0.15) is 0 Å². The summed E-state index contributed by atoms with van der Waals surface area (Å²) >= 11 is 1.43. The molecule has 0 saturated heterocycles. The zero-order valence-electron chi connectivity index (χ0n) is 14.2. The van der Waals surface area contributed by atoms with Crippen molar-refractivity contribution in [2.75, 3.05) is 0 Å². The van der Waals surface area contributed by atoms with Crippen molar-refractivity contribution in [1.82, 2.24) is 9.97 Å². The Labute approximate surface area is 156 Å². The monoisotopic (exact) mass is 356 g/mol. The van der Waals surface area contributed by atoms with Gasteiger partial charge in [-0.1, -0.05) is 60.2 Å². The van der Waals surface area contributed by atoms with Crippen LogP contribution in [0.4, 0.5) is 0 Å². The van der Waals surface area contributed by atoms with Crippen molar-refractivity contribution in [3.8, 4) is 21.8 Å². The number of thiazole rings is 1. The van der Waals surface area contributed by atoms with E-state index in [2.05, 4.69) is 4.98 Å². The second-order valence-corrected chi connectivity index (χ2v) is 7.00. The third kappa shape index (κ3) is 3.19. The molecule has 0 fully saturated rings. The number of hydrogen-bond donors (Lipinski definition) is 0. The van der Waals surface area contributed by atoms with E-state index in [1.807, 2.05) is 61.5 Å². The van der Waals surface area contributed by atoms with E-state index in [9.17, 15) is 4.79 Å². The Morgan fingerprint density at radius 1 is 0.885 bits per heavy atom. The number of nitrogens with zero attached hydrogens (tertiary/aromatic N) is 2. The van der Waals surface area contributed by atoms with Gasteiger partial charge in [-0.05, 0) is 19.1 Å². The molecule has 0 N–H and O–H groups in total. The van der Waals surface area contributed by atoms with Crippen LogP contribution in [-0.2, 0) is 0 Å². The fourth-order valence-corrected chi connectivity index (χ4v) is 3.77. The van der Waals surface area contributed by atoms with Crippen molar-refractivity contribution >= 4 is 17.1 Å². The molecule has 0 aliphatic heterocycles. The predicted octanol–water partition coefficient (Wildman–Crippen LogP) is 5.41. The molecule has 0 radical (unpaired) electrons. The largest absolute Gasteiger partial charge is 0.288 e. The molecule has 3 nitrogen and oxygen atoms in total. The van der Waals surface area contributed by atoms with Gasteiger partial charge in [0.15, 0.2) is 0 Å². The fraction of sp³-hybridized carbons (Fsp3) is 0.0455. The lowest BCUT2D eigenvalue weighted by Gasteiger charge is -2.02. The van der Waals surface area contributed by atoms with E-state index in [0.29, 0.717) is 10.4 Å². The van der Waals surface area contributed by atoms with Crippen molar-refractivity contribution < 1.29 is 4.79 Å². The zero-order valence-corrected chi connectivity index (χ0v) is 15.0. The van der Waals surface area contributed by atoms with Gasteiger partial charge >= 0.3 is 0 Å². The topological polar surface area (TPSA) is 42.9 Å². The molecule has 2 aromatic heterocycles. The molecule has 0 bridgehead atoms. The SMILES string of the molecule is Cc1ccc(-c2nc(-c3ccccc3)sc2C(=O)c2cccnc2)cc1. The minimum absolute atomic E-state index is 0.0478. The Kier molecular flexibility index (Phi) is 4.42. The normalized spacial score (nSPS) is 10.7. The summed E-state index contributed by atoms with van der Waals surface area (Å²) in [7, 11) is 0. The number of rotatable bonds is 4. The minimum atomic E-state index is -0.0478. The Bertz CT molecular complexity index is 1040. The standard InChI is InChI=1S/C22H16N2OS/c1-15-9-11-16(12-10-15)19-21(20(25)18-8-5-13-23-14-18)26-22(24-19)17-6-3-2-4-7-17/h2-14H,1H3. The Balaban J connectivity index is 1.87. The van der Waals surface area contributed by atoms with Crippen LogP contribution < -0.4 is 0 Å². The molecular formula is C22H16N2OS. The van der Waals surface area contributed by atoms with E-state index < -0.39 is 0 Å². The van der Waals surface area contributed by atoms with Crippen LogP contribution in [0, 0.1) is 6.92 Å². The molecule has 26 heavy (non-hydrogen) atoms. The molecule has 0 unspecified atom stereocenters. The molecule has 126 valence electrons. The van der Waals surface area contributed by atoms with Gasteiger partial charge in [-0.25, -0.2) is 4.98 Å². The third-order valence-electron chi connectivity index (χ3n) is 4.10. The summed E-state index contributed by atoms with van der Waals surface area (Å²) in [5.74, 6) is -0.0478. The number of pyridine rings is 1. The summed E-state index contributed by atoms with van der Waals surface area (Å²) in [4.78, 5) is 22.6. The summed E-state index contributed by atoms with van der Waals surface area (Å²) in [5.41, 5.74) is 4.43. The molecule has 0 saturated carbocycles. The van der Waals surface area contributed by atoms with Crippen LogP contribution >= 0.6 is 11.3 Å². The van der Waals surface area contributed by atoms with E-state index in [1.54, 1.807) is 24.5 Å². The zero-order chi connectivity index (χ0) is 17.9. The van der Waals surface area contributed by atoms with E-state index in [0.717, 1.165) is 21.8 Å². The molecule has 0 aliphatic carbocycles. The molecule has 0 atom stereocenters. The second-order valence-electron chi connectivity index (χ2n) is 6.00. The Morgan fingerprint density at radius 3 is 2.35 bits per heavy atom. The Morgan fingerprint density at radius 2 is 1.65 bits per heavy atom. The van der Waals surface area contributed by atoms with Gasteiger partial charge in [0, 0.05) is 29.1 Å². The van der Waals surface area contributed by atoms with E-state index in [4.69, 9.17) is 4.98 Å². The molecule has 0 aliphatic rings. The summed E-state index contributed by atoms with van der Waals surface area (Å²) < 4.78 is 0. The number of carbonyl (C=O) groups is 1. The van der Waals surface area contributed by atoms with Gasteiger partial charge in [0.2, 0.25) is 5.78 Å². The second kappa shape index (κ2) is 7.02. The van der Waals surface area contributed by atoms with Crippen LogP contribution in [0.3, 0.4) is 0 Å². The number of hydrogen-bond acceptors (Lipinski definition) is 4. The number of benzene rings is 2. The van der Waals surface area contributed by atoms with Crippen molar-refractivity contribution in [3.63, 3.8) is 0 Å². The van der Waals surface area contributed by atoms with Crippen LogP contribution in [0.15, 0.2) is 79.1 Å². The van der Waals surface area contributed by atoms with E-state index >= 15 is 0 Å². The van der Waals surface area contributed by atoms with Crippen molar-refractivity contribution in [2.45, 2.75) is 6.92 Å². The summed E-state index contributed by atoms with van der Waals surface area (Å²) in [6.07, 6.45) is 3.27. The Hall–Kier alpha value is -3.11. The lowest BCUT2D eigenvalue weighted by molar-refractivity contribution is 0.104. The van der Waals surface area contributed by atoms with Gasteiger partial charge in [0.05, 0.1) is 5.69 Å². The van der Waals surface area contributed by atoms with Gasteiger partial charge in [0.1, 0.15) is 9.88 Å². The van der Waals surface area contributed by atoms with E-state index in [-0.39, 0.29) is 5.78 Å². The first-order valence-corrected chi connectivity index (χ1v) is 9.12. The first kappa shape index (κ1) is 16.4. The average molecular weight is 356 g/mol. The first-order chi connectivity index (χ1) is 12.7. The molecule has 4 rings (SSSR count). The van der Waals surface area contributed by atoms with Gasteiger partial charge in [-0.3, -0.25) is 9.78 Å². The molecular weight excluding hydrogens is 340 g/mol. The van der Waals surface area contributed by atoms with E-state index in [1.165, 1.54) is 16.9 Å². The maximum absolute atomic E-state index is 13.1. The highest BCUT2D eigenvalue weighted by atomic mass is 32.1. The minimum Gasteiger partial charge on any atom is -0.288 e. The fourth-order valence-electron chi connectivity index (χ4n) is 2.71. The molecule has 2 aromatic carbocycles. The van der Waals surface area contributed by atoms with Crippen LogP contribution in [0.25, 0.3) is 21.8 Å². The smallest absolute Gasteiger partial charge is 0.206 e. The maximum atomic E-state index is 13.1. The third-order valence-corrected chi connectivity index (χ3v) is 5.21. The average Bonchev–Trinajstić information content (AvgIpc) is 3.15. The number of carbonyl (C=O) groups excluding carboxylic acids is 1. The van der Waals surface area contributed by atoms with Crippen LogP contribution in [0.5, 0.6) is 0 Å². The van der Waals surface area contributed by atoms with Crippen molar-refractivity contribution in [1.29, 1.82) is 0 Å². The predicted molar refractivity (Wildman–Crippen MR) is 105 cm³/mol. The molecule has 4 heteroatoms. The highest BCUT2D eigenvalue weighted by Crippen LogP contribution is 2.35. The molecule has 4 aromatic rings. The van der Waals surface area contributed by atoms with Crippen LogP contribution in [-0.4, -0.2) is 15.8 Å². The quantitative estimate of drug-likeness (QED) is 0.459. The number of aryl methyl sites for hydroxylation is 1. The number of aromatic nitrogens is 2. The van der Waals surface area contributed by atoms with Gasteiger partial charge in [-0.15, -0.1) is 11.3 Å². The van der Waals surface area contributed by atoms with Crippen molar-refractivity contribution in [2.24, 2.45) is 0 Å².